The average molecular weight is 239 g/mol. The van der Waals surface area contributed by atoms with Crippen LogP contribution < -0.4 is 0 Å². The molecular formula is C10H16F3NO2. The molecule has 1 unspecified atom stereocenters. The van der Waals surface area contributed by atoms with E-state index in [4.69, 9.17) is 0 Å². The van der Waals surface area contributed by atoms with Crippen LogP contribution in [0.1, 0.15) is 13.3 Å². The van der Waals surface area contributed by atoms with Gasteiger partial charge in [0.15, 0.2) is 0 Å². The Morgan fingerprint density at radius 3 is 2.75 bits per heavy atom. The molecule has 0 N–H and O–H groups in total. The first-order valence-electron chi connectivity index (χ1n) is 5.28. The third-order valence-electron chi connectivity index (χ3n) is 2.57. The molecule has 0 amide bonds. The molecule has 6 heteroatoms. The lowest BCUT2D eigenvalue weighted by Crippen LogP contribution is -2.41. The molecule has 0 bridgehead atoms. The first-order chi connectivity index (χ1) is 7.38. The number of hydrogen-bond acceptors (Lipinski definition) is 3. The van der Waals surface area contributed by atoms with Gasteiger partial charge in [-0.25, -0.2) is 0 Å². The number of carbonyl (C=O) groups excluding carboxylic acids is 1. The van der Waals surface area contributed by atoms with Gasteiger partial charge in [-0.05, 0) is 0 Å². The number of alkyl halides is 3. The number of halogens is 3. The molecule has 1 rings (SSSR count). The molecule has 3 nitrogen and oxygen atoms in total. The van der Waals surface area contributed by atoms with Crippen LogP contribution in [-0.2, 0) is 9.53 Å². The van der Waals surface area contributed by atoms with E-state index >= 15 is 0 Å². The third-order valence-corrected chi connectivity index (χ3v) is 2.57. The fourth-order valence-electron chi connectivity index (χ4n) is 1.68. The van der Waals surface area contributed by atoms with Crippen molar-refractivity contribution in [2.75, 3.05) is 32.8 Å². The fourth-order valence-corrected chi connectivity index (χ4v) is 1.68. The molecule has 0 aromatic carbocycles. The number of nitrogens with zero attached hydrogens (tertiary/aromatic N) is 1. The van der Waals surface area contributed by atoms with Gasteiger partial charge in [-0.2, -0.15) is 13.2 Å². The lowest BCUT2D eigenvalue weighted by molar-refractivity contribution is -0.174. The summed E-state index contributed by atoms with van der Waals surface area (Å²) in [6.07, 6.45) is -3.77. The first kappa shape index (κ1) is 13.4. The molecule has 0 aromatic heterocycles. The van der Waals surface area contributed by atoms with Crippen molar-refractivity contribution in [1.82, 2.24) is 4.90 Å². The van der Waals surface area contributed by atoms with E-state index in [-0.39, 0.29) is 18.3 Å². The highest BCUT2D eigenvalue weighted by atomic mass is 19.4. The summed E-state index contributed by atoms with van der Waals surface area (Å²) in [5.74, 6) is 0.212. The van der Waals surface area contributed by atoms with Crippen LogP contribution in [0.5, 0.6) is 0 Å². The second-order valence-electron chi connectivity index (χ2n) is 4.09. The number of piperidine rings is 1. The summed E-state index contributed by atoms with van der Waals surface area (Å²) >= 11 is 0. The second-order valence-corrected chi connectivity index (χ2v) is 4.09. The van der Waals surface area contributed by atoms with E-state index in [2.05, 4.69) is 4.74 Å². The van der Waals surface area contributed by atoms with Gasteiger partial charge in [0.05, 0.1) is 6.61 Å². The van der Waals surface area contributed by atoms with Crippen molar-refractivity contribution in [2.24, 2.45) is 5.92 Å². The maximum absolute atomic E-state index is 11.8. The Labute approximate surface area is 92.5 Å². The minimum absolute atomic E-state index is 0.0173. The zero-order valence-corrected chi connectivity index (χ0v) is 9.22. The molecular weight excluding hydrogens is 223 g/mol. The summed E-state index contributed by atoms with van der Waals surface area (Å²) in [5, 5.41) is 0. The zero-order chi connectivity index (χ0) is 12.2. The van der Waals surface area contributed by atoms with E-state index in [1.807, 2.05) is 11.8 Å². The standard InChI is InChI=1S/C10H16F3NO2/c1-8-6-14(3-2-9(8)15)4-5-16-7-10(11,12)13/h8H,2-7H2,1H3. The molecule has 16 heavy (non-hydrogen) atoms. The summed E-state index contributed by atoms with van der Waals surface area (Å²) in [4.78, 5) is 13.2. The number of Topliss-reactive ketones (excluding diaryl/α,β-unsaturated/α-hetero) is 1. The highest BCUT2D eigenvalue weighted by Gasteiger charge is 2.28. The smallest absolute Gasteiger partial charge is 0.371 e. The van der Waals surface area contributed by atoms with Crippen LogP contribution in [-0.4, -0.2) is 49.7 Å². The lowest BCUT2D eigenvalue weighted by Gasteiger charge is -2.29. The van der Waals surface area contributed by atoms with Gasteiger partial charge >= 0.3 is 6.18 Å². The van der Waals surface area contributed by atoms with Crippen molar-refractivity contribution in [3.8, 4) is 0 Å². The van der Waals surface area contributed by atoms with Gasteiger partial charge in [0, 0.05) is 32.0 Å². The largest absolute Gasteiger partial charge is 0.411 e. The number of carbonyl (C=O) groups is 1. The number of rotatable bonds is 4. The average Bonchev–Trinajstić information content (AvgIpc) is 2.17. The predicted molar refractivity (Wildman–Crippen MR) is 52.1 cm³/mol. The Morgan fingerprint density at radius 2 is 2.19 bits per heavy atom. The Balaban J connectivity index is 2.12. The molecule has 0 aromatic rings. The summed E-state index contributed by atoms with van der Waals surface area (Å²) in [7, 11) is 0. The van der Waals surface area contributed by atoms with Gasteiger partial charge < -0.3 is 4.74 Å². The summed E-state index contributed by atoms with van der Waals surface area (Å²) in [5.41, 5.74) is 0. The van der Waals surface area contributed by atoms with Crippen LogP contribution in [0.25, 0.3) is 0 Å². The van der Waals surface area contributed by atoms with Crippen molar-refractivity contribution in [1.29, 1.82) is 0 Å². The number of hydrogen-bond donors (Lipinski definition) is 0. The summed E-state index contributed by atoms with van der Waals surface area (Å²) < 4.78 is 39.8. The van der Waals surface area contributed by atoms with Crippen molar-refractivity contribution in [3.05, 3.63) is 0 Å². The van der Waals surface area contributed by atoms with E-state index < -0.39 is 12.8 Å². The maximum Gasteiger partial charge on any atom is 0.411 e. The highest BCUT2D eigenvalue weighted by Crippen LogP contribution is 2.15. The summed E-state index contributed by atoms with van der Waals surface area (Å²) in [6.45, 7) is 2.39. The van der Waals surface area contributed by atoms with Gasteiger partial charge in [-0.1, -0.05) is 6.92 Å². The SMILES string of the molecule is CC1CN(CCOCC(F)(F)F)CCC1=O. The number of likely N-dealkylation sites (tertiary alicyclic amines) is 1. The molecule has 0 radical (unpaired) electrons. The topological polar surface area (TPSA) is 29.5 Å². The molecule has 1 fully saturated rings. The monoisotopic (exact) mass is 239 g/mol. The Hall–Kier alpha value is -0.620. The Bertz CT molecular complexity index is 243. The zero-order valence-electron chi connectivity index (χ0n) is 9.22. The molecule has 0 saturated carbocycles. The second kappa shape index (κ2) is 5.63. The highest BCUT2D eigenvalue weighted by molar-refractivity contribution is 5.81. The lowest BCUT2D eigenvalue weighted by atomic mass is 9.99. The minimum Gasteiger partial charge on any atom is -0.371 e. The van der Waals surface area contributed by atoms with Crippen LogP contribution in [0.15, 0.2) is 0 Å². The normalized spacial score (nSPS) is 23.8. The maximum atomic E-state index is 11.8. The number of ether oxygens (including phenoxy) is 1. The Morgan fingerprint density at radius 1 is 1.50 bits per heavy atom. The van der Waals surface area contributed by atoms with Gasteiger partial charge in [0.2, 0.25) is 0 Å². The van der Waals surface area contributed by atoms with Gasteiger partial charge in [-0.3, -0.25) is 9.69 Å². The van der Waals surface area contributed by atoms with E-state index in [0.29, 0.717) is 26.1 Å². The van der Waals surface area contributed by atoms with Crippen LogP contribution >= 0.6 is 0 Å². The van der Waals surface area contributed by atoms with Gasteiger partial charge in [-0.15, -0.1) is 0 Å². The van der Waals surface area contributed by atoms with E-state index in [9.17, 15) is 18.0 Å². The van der Waals surface area contributed by atoms with E-state index in [0.717, 1.165) is 0 Å². The van der Waals surface area contributed by atoms with E-state index in [1.165, 1.54) is 0 Å². The molecule has 0 aliphatic carbocycles. The van der Waals surface area contributed by atoms with Crippen molar-refractivity contribution < 1.29 is 22.7 Å². The third kappa shape index (κ3) is 4.94. The molecule has 1 aliphatic heterocycles. The van der Waals surface area contributed by atoms with Crippen molar-refractivity contribution in [3.63, 3.8) is 0 Å². The van der Waals surface area contributed by atoms with Crippen molar-refractivity contribution in [2.45, 2.75) is 19.5 Å². The molecule has 94 valence electrons. The van der Waals surface area contributed by atoms with Crippen LogP contribution in [0.4, 0.5) is 13.2 Å². The summed E-state index contributed by atoms with van der Waals surface area (Å²) in [6, 6.07) is 0. The van der Waals surface area contributed by atoms with Gasteiger partial charge in [0.25, 0.3) is 0 Å². The quantitative estimate of drug-likeness (QED) is 0.696. The van der Waals surface area contributed by atoms with E-state index in [1.54, 1.807) is 0 Å². The fraction of sp³-hybridized carbons (Fsp3) is 0.900. The van der Waals surface area contributed by atoms with Crippen LogP contribution in [0, 0.1) is 5.92 Å². The van der Waals surface area contributed by atoms with Gasteiger partial charge in [0.1, 0.15) is 12.4 Å². The molecule has 1 saturated heterocycles. The number of ketones is 1. The Kier molecular flexibility index (Phi) is 4.73. The molecule has 0 spiro atoms. The molecule has 1 atom stereocenters. The van der Waals surface area contributed by atoms with Crippen LogP contribution in [0.3, 0.4) is 0 Å². The van der Waals surface area contributed by atoms with Crippen LogP contribution in [0.2, 0.25) is 0 Å². The first-order valence-corrected chi connectivity index (χ1v) is 5.28. The van der Waals surface area contributed by atoms with Crippen molar-refractivity contribution >= 4 is 5.78 Å². The minimum atomic E-state index is -4.26. The molecule has 1 heterocycles. The predicted octanol–water partition coefficient (Wildman–Crippen LogP) is 1.48. The molecule has 1 aliphatic rings.